The number of nitrogens with zero attached hydrogens (tertiary/aromatic N) is 3. The highest BCUT2D eigenvalue weighted by molar-refractivity contribution is 6.06. The van der Waals surface area contributed by atoms with Crippen molar-refractivity contribution in [2.24, 2.45) is 0 Å². The first-order valence-corrected chi connectivity index (χ1v) is 12.7. The lowest BCUT2D eigenvalue weighted by Crippen LogP contribution is -2.18. The number of rotatable bonds is 10. The van der Waals surface area contributed by atoms with Crippen molar-refractivity contribution >= 4 is 22.7 Å². The number of hydrogen-bond acceptors (Lipinski definition) is 8. The molecule has 1 aliphatic carbocycles. The van der Waals surface area contributed by atoms with Gasteiger partial charge in [-0.05, 0) is 0 Å². The monoisotopic (exact) mass is 552 g/mol. The molecule has 0 heterocycles. The molecule has 9 heteroatoms. The summed E-state index contributed by atoms with van der Waals surface area (Å²) in [6.45, 7) is 0. The zero-order chi connectivity index (χ0) is 29.7. The average molecular weight is 553 g/mol. The molecule has 0 saturated carbocycles. The van der Waals surface area contributed by atoms with Crippen LogP contribution in [0.25, 0.3) is 5.57 Å². The normalized spacial score (nSPS) is 12.7. The maximum atomic E-state index is 6.01. The maximum absolute atomic E-state index is 6.01. The molecule has 0 atom stereocenters. The fraction of sp³-hybridized carbons (Fsp3) is 0.387. The van der Waals surface area contributed by atoms with Crippen LogP contribution in [0, 0.1) is 0 Å². The molecule has 9 nitrogen and oxygen atoms in total. The van der Waals surface area contributed by atoms with Crippen molar-refractivity contribution in [3.8, 4) is 23.0 Å². The van der Waals surface area contributed by atoms with E-state index in [0.717, 1.165) is 17.1 Å². The van der Waals surface area contributed by atoms with Gasteiger partial charge in [0.25, 0.3) is 0 Å². The summed E-state index contributed by atoms with van der Waals surface area (Å²) in [6.07, 6.45) is 3.94. The molecule has 2 aromatic carbocycles. The predicted octanol–water partition coefficient (Wildman–Crippen LogP) is 4.44. The lowest BCUT2D eigenvalue weighted by molar-refractivity contribution is -0.462. The number of hydrogen-bond donors (Lipinski definition) is 0. The van der Waals surface area contributed by atoms with Gasteiger partial charge < -0.3 is 38.2 Å². The molecule has 0 aliphatic heterocycles. The van der Waals surface area contributed by atoms with Gasteiger partial charge in [-0.25, -0.2) is 4.58 Å². The third kappa shape index (κ3) is 5.68. The highest BCUT2D eigenvalue weighted by atomic mass is 16.5. The van der Waals surface area contributed by atoms with Gasteiger partial charge in [-0.1, -0.05) is 0 Å². The van der Waals surface area contributed by atoms with Gasteiger partial charge in [0, 0.05) is 69.4 Å². The lowest BCUT2D eigenvalue weighted by atomic mass is 9.86. The number of allylic oxidation sites excluding steroid dienone is 2. The third-order valence-corrected chi connectivity index (χ3v) is 6.77. The smallest absolute Gasteiger partial charge is 0.206 e. The van der Waals surface area contributed by atoms with Crippen molar-refractivity contribution in [1.82, 2.24) is 0 Å². The van der Waals surface area contributed by atoms with Crippen LogP contribution in [-0.2, 0) is 9.47 Å². The molecule has 3 rings (SSSR count). The average Bonchev–Trinajstić information content (AvgIpc) is 2.96. The maximum Gasteiger partial charge on any atom is 0.206 e. The molecule has 0 saturated heterocycles. The number of anilines is 2. The Kier molecular flexibility index (Phi) is 9.63. The van der Waals surface area contributed by atoms with E-state index in [9.17, 15) is 0 Å². The molecule has 2 aromatic rings. The van der Waals surface area contributed by atoms with Crippen LogP contribution >= 0.6 is 0 Å². The quantitative estimate of drug-likeness (QED) is 0.401. The highest BCUT2D eigenvalue weighted by Gasteiger charge is 2.34. The van der Waals surface area contributed by atoms with Crippen LogP contribution in [-0.4, -0.2) is 95.2 Å². The Hall–Kier alpha value is -4.27. The Morgan fingerprint density at radius 1 is 0.550 bits per heavy atom. The number of benzene rings is 2. The van der Waals surface area contributed by atoms with Gasteiger partial charge >= 0.3 is 0 Å². The summed E-state index contributed by atoms with van der Waals surface area (Å²) in [5.74, 6) is 3.58. The standard InChI is InChI=1S/C31H42N3O6/c1-32(2)19-13-22(35-7)28(23(14-19)36-8)31(29-24(37-9)15-20(33(3)4)16-25(29)38-10)30-26(39-11)17-21(34(5)6)18-27(30)40-12/h13-18H,1-12H3/q+1. The van der Waals surface area contributed by atoms with Gasteiger partial charge in [-0.15, -0.1) is 0 Å². The van der Waals surface area contributed by atoms with Gasteiger partial charge in [0.05, 0.1) is 71.5 Å². The van der Waals surface area contributed by atoms with E-state index in [1.165, 1.54) is 0 Å². The highest BCUT2D eigenvalue weighted by Crippen LogP contribution is 2.51. The minimum Gasteiger partial charge on any atom is -0.496 e. The second-order valence-corrected chi connectivity index (χ2v) is 9.73. The molecule has 0 radical (unpaired) electrons. The van der Waals surface area contributed by atoms with Crippen LogP contribution in [0.5, 0.6) is 23.0 Å². The van der Waals surface area contributed by atoms with Crippen LogP contribution in [0.2, 0.25) is 0 Å². The summed E-state index contributed by atoms with van der Waals surface area (Å²) < 4.78 is 38.1. The van der Waals surface area contributed by atoms with Crippen molar-refractivity contribution in [3.63, 3.8) is 0 Å². The van der Waals surface area contributed by atoms with Crippen LogP contribution in [0.3, 0.4) is 0 Å². The Bertz CT molecular complexity index is 1240. The van der Waals surface area contributed by atoms with Gasteiger partial charge in [0.1, 0.15) is 48.6 Å². The molecule has 0 bridgehead atoms. The molecule has 216 valence electrons. The number of ether oxygens (including phenoxy) is 6. The Morgan fingerprint density at radius 2 is 0.875 bits per heavy atom. The molecule has 0 unspecified atom stereocenters. The minimum absolute atomic E-state index is 0.597. The molecular weight excluding hydrogens is 510 g/mol. The summed E-state index contributed by atoms with van der Waals surface area (Å²) in [7, 11) is 21.7. The van der Waals surface area contributed by atoms with Crippen LogP contribution in [0.4, 0.5) is 11.4 Å². The first kappa shape index (κ1) is 30.3. The van der Waals surface area contributed by atoms with E-state index in [2.05, 4.69) is 0 Å². The van der Waals surface area contributed by atoms with Crippen LogP contribution < -0.4 is 28.7 Å². The largest absolute Gasteiger partial charge is 0.496 e. The Labute approximate surface area is 238 Å². The van der Waals surface area contributed by atoms with E-state index in [4.69, 9.17) is 28.4 Å². The molecule has 0 N–H and O–H groups in total. The van der Waals surface area contributed by atoms with Gasteiger partial charge in [-0.2, -0.15) is 0 Å². The molecular formula is C31H42N3O6+. The summed E-state index contributed by atoms with van der Waals surface area (Å²) >= 11 is 0. The summed E-state index contributed by atoms with van der Waals surface area (Å²) in [5.41, 5.74) is 5.54. The SMILES string of the molecule is COC1=CC(=[N+](C)C)C=C(OC)C1=C(c1c(OC)cc(N(C)C)cc1OC)c1c(OC)cc(N(C)C)cc1OC. The molecule has 0 amide bonds. The van der Waals surface area contributed by atoms with Crippen molar-refractivity contribution in [2.45, 2.75) is 0 Å². The second kappa shape index (κ2) is 12.7. The van der Waals surface area contributed by atoms with Crippen molar-refractivity contribution < 1.29 is 33.0 Å². The number of methoxy groups -OCH3 is 6. The molecule has 1 aliphatic rings. The van der Waals surface area contributed by atoms with Gasteiger partial charge in [0.15, 0.2) is 0 Å². The van der Waals surface area contributed by atoms with E-state index in [0.29, 0.717) is 56.8 Å². The van der Waals surface area contributed by atoms with E-state index in [1.54, 1.807) is 42.7 Å². The summed E-state index contributed by atoms with van der Waals surface area (Å²) in [4.78, 5) is 3.99. The van der Waals surface area contributed by atoms with Crippen molar-refractivity contribution in [3.05, 3.63) is 64.6 Å². The molecule has 0 fully saturated rings. The van der Waals surface area contributed by atoms with Crippen molar-refractivity contribution in [1.29, 1.82) is 0 Å². The minimum atomic E-state index is 0.597. The fourth-order valence-corrected chi connectivity index (χ4v) is 4.58. The summed E-state index contributed by atoms with van der Waals surface area (Å²) in [6, 6.07) is 7.88. The molecule has 0 aromatic heterocycles. The van der Waals surface area contributed by atoms with E-state index < -0.39 is 0 Å². The summed E-state index contributed by atoms with van der Waals surface area (Å²) in [5, 5.41) is 0. The van der Waals surface area contributed by atoms with E-state index in [-0.39, 0.29) is 0 Å². The second-order valence-electron chi connectivity index (χ2n) is 9.73. The van der Waals surface area contributed by atoms with Crippen molar-refractivity contribution in [2.75, 3.05) is 94.7 Å². The third-order valence-electron chi connectivity index (χ3n) is 6.77. The predicted molar refractivity (Wildman–Crippen MR) is 161 cm³/mol. The first-order valence-electron chi connectivity index (χ1n) is 12.7. The first-order chi connectivity index (χ1) is 19.1. The van der Waals surface area contributed by atoms with Crippen LogP contribution in [0.1, 0.15) is 11.1 Å². The Balaban J connectivity index is 2.69. The zero-order valence-electron chi connectivity index (χ0n) is 25.8. The lowest BCUT2D eigenvalue weighted by Gasteiger charge is -2.28. The zero-order valence-corrected chi connectivity index (χ0v) is 25.8. The van der Waals surface area contributed by atoms with Crippen LogP contribution in [0.15, 0.2) is 53.5 Å². The van der Waals surface area contributed by atoms with Gasteiger partial charge in [0.2, 0.25) is 5.71 Å². The van der Waals surface area contributed by atoms with E-state index in [1.807, 2.05) is 93.1 Å². The fourth-order valence-electron chi connectivity index (χ4n) is 4.58. The molecule has 0 spiro atoms. The van der Waals surface area contributed by atoms with Gasteiger partial charge in [-0.3, -0.25) is 0 Å². The van der Waals surface area contributed by atoms with E-state index >= 15 is 0 Å². The topological polar surface area (TPSA) is 64.9 Å². The molecule has 40 heavy (non-hydrogen) atoms. The Morgan fingerprint density at radius 3 is 1.10 bits per heavy atom.